The molecule has 0 unspecified atom stereocenters. The molecule has 1 aliphatic rings. The summed E-state index contributed by atoms with van der Waals surface area (Å²) >= 11 is 0. The summed E-state index contributed by atoms with van der Waals surface area (Å²) in [5.74, 6) is 0.748. The molecule has 0 saturated carbocycles. The quantitative estimate of drug-likeness (QED) is 0.729. The van der Waals surface area contributed by atoms with Crippen molar-refractivity contribution in [1.29, 1.82) is 0 Å². The molecule has 9 heteroatoms. The van der Waals surface area contributed by atoms with Crippen molar-refractivity contribution in [3.8, 4) is 0 Å². The van der Waals surface area contributed by atoms with Crippen LogP contribution in [0, 0.1) is 0 Å². The van der Waals surface area contributed by atoms with Crippen LogP contribution in [0.1, 0.15) is 0 Å². The summed E-state index contributed by atoms with van der Waals surface area (Å²) in [4.78, 5) is 0.0210. The summed E-state index contributed by atoms with van der Waals surface area (Å²) in [6.07, 6.45) is 1.39. The van der Waals surface area contributed by atoms with Gasteiger partial charge in [-0.2, -0.15) is 9.40 Å². The smallest absolute Gasteiger partial charge is 0.248 e. The second-order valence-corrected chi connectivity index (χ2v) is 7.41. The Labute approximate surface area is 102 Å². The van der Waals surface area contributed by atoms with Crippen molar-refractivity contribution in [2.75, 3.05) is 30.3 Å². The highest BCUT2D eigenvalue weighted by atomic mass is 32.2. The van der Waals surface area contributed by atoms with E-state index in [2.05, 4.69) is 5.10 Å². The third-order valence-electron chi connectivity index (χ3n) is 2.58. The second kappa shape index (κ2) is 4.39. The van der Waals surface area contributed by atoms with Crippen molar-refractivity contribution < 1.29 is 12.6 Å². The Kier molecular flexibility index (Phi) is 3.23. The molecule has 2 rings (SSSR count). The van der Waals surface area contributed by atoms with Crippen molar-refractivity contribution in [2.45, 2.75) is 4.90 Å². The molecule has 0 aliphatic carbocycles. The maximum Gasteiger partial charge on any atom is 0.248 e. The van der Waals surface area contributed by atoms with Crippen LogP contribution in [-0.4, -0.2) is 51.3 Å². The lowest BCUT2D eigenvalue weighted by atomic mass is 10.6. The summed E-state index contributed by atoms with van der Waals surface area (Å²) in [6.45, 7) is 0.534. The van der Waals surface area contributed by atoms with Gasteiger partial charge >= 0.3 is 0 Å². The number of nitrogen functional groups attached to an aromatic ring is 1. The molecule has 0 aromatic carbocycles. The van der Waals surface area contributed by atoms with Crippen molar-refractivity contribution in [3.63, 3.8) is 0 Å². The Balaban J connectivity index is 2.30. The topological polar surface area (TPSA) is 98.3 Å². The lowest BCUT2D eigenvalue weighted by Crippen LogP contribution is -2.41. The molecule has 7 nitrogen and oxygen atoms in total. The predicted octanol–water partition coefficient (Wildman–Crippen LogP) is -1.24. The molecule has 0 bridgehead atoms. The zero-order valence-electron chi connectivity index (χ0n) is 9.37. The van der Waals surface area contributed by atoms with Gasteiger partial charge in [-0.25, -0.2) is 8.42 Å². The van der Waals surface area contributed by atoms with Gasteiger partial charge in [0.1, 0.15) is 4.90 Å². The van der Waals surface area contributed by atoms with E-state index in [0.29, 0.717) is 11.5 Å². The fourth-order valence-corrected chi connectivity index (χ4v) is 4.50. The number of rotatable bonds is 2. The average Bonchev–Trinajstić information content (AvgIpc) is 2.59. The largest absolute Gasteiger partial charge is 0.381 e. The van der Waals surface area contributed by atoms with E-state index >= 15 is 0 Å². The minimum atomic E-state index is -3.60. The highest BCUT2D eigenvalue weighted by Gasteiger charge is 2.31. The maximum absolute atomic E-state index is 12.2. The summed E-state index contributed by atoms with van der Waals surface area (Å²) in [6, 6.07) is 0. The van der Waals surface area contributed by atoms with E-state index in [1.807, 2.05) is 0 Å². The predicted molar refractivity (Wildman–Crippen MR) is 64.3 cm³/mol. The fourth-order valence-electron chi connectivity index (χ4n) is 1.68. The Morgan fingerprint density at radius 3 is 2.47 bits per heavy atom. The molecule has 1 aromatic heterocycles. The molecule has 0 atom stereocenters. The van der Waals surface area contributed by atoms with Gasteiger partial charge in [0.25, 0.3) is 0 Å². The third-order valence-corrected chi connectivity index (χ3v) is 5.77. The summed E-state index contributed by atoms with van der Waals surface area (Å²) in [7, 11) is -2.90. The van der Waals surface area contributed by atoms with E-state index in [0.717, 1.165) is 0 Å². The lowest BCUT2D eigenvalue weighted by molar-refractivity contribution is 0.439. The van der Waals surface area contributed by atoms with Gasteiger partial charge in [0, 0.05) is 48.6 Å². The Bertz CT molecular complexity index is 541. The van der Waals surface area contributed by atoms with Crippen LogP contribution in [0.5, 0.6) is 0 Å². The Morgan fingerprint density at radius 1 is 1.41 bits per heavy atom. The first-order chi connectivity index (χ1) is 7.91. The molecule has 2 N–H and O–H groups in total. The van der Waals surface area contributed by atoms with Gasteiger partial charge in [-0.05, 0) is 0 Å². The molecule has 96 valence electrons. The van der Waals surface area contributed by atoms with Crippen LogP contribution >= 0.6 is 0 Å². The fraction of sp³-hybridized carbons (Fsp3) is 0.625. The van der Waals surface area contributed by atoms with E-state index in [1.165, 1.54) is 15.2 Å². The van der Waals surface area contributed by atoms with Crippen molar-refractivity contribution in [3.05, 3.63) is 6.20 Å². The molecule has 0 spiro atoms. The number of nitrogens with zero attached hydrogens (tertiary/aromatic N) is 3. The second-order valence-electron chi connectivity index (χ2n) is 3.80. The highest BCUT2D eigenvalue weighted by Crippen LogP contribution is 2.21. The van der Waals surface area contributed by atoms with Gasteiger partial charge in [-0.3, -0.25) is 8.89 Å². The molecular formula is C8H14N4O3S2. The number of aromatic nitrogens is 2. The van der Waals surface area contributed by atoms with Crippen LogP contribution in [-0.2, 0) is 27.9 Å². The molecule has 0 amide bonds. The summed E-state index contributed by atoms with van der Waals surface area (Å²) < 4.78 is 38.3. The third kappa shape index (κ3) is 2.35. The van der Waals surface area contributed by atoms with E-state index in [-0.39, 0.29) is 23.8 Å². The van der Waals surface area contributed by atoms with Crippen LogP contribution < -0.4 is 5.73 Å². The maximum atomic E-state index is 12.2. The number of hydrogen-bond acceptors (Lipinski definition) is 5. The van der Waals surface area contributed by atoms with Crippen LogP contribution in [0.3, 0.4) is 0 Å². The first kappa shape index (κ1) is 12.5. The van der Waals surface area contributed by atoms with Crippen LogP contribution in [0.25, 0.3) is 0 Å². The number of anilines is 1. The van der Waals surface area contributed by atoms with Crippen molar-refractivity contribution in [1.82, 2.24) is 14.1 Å². The molecule has 17 heavy (non-hydrogen) atoms. The molecule has 1 fully saturated rings. The number of hydrogen-bond donors (Lipinski definition) is 1. The number of nitrogens with two attached hydrogens (primary N) is 1. The lowest BCUT2D eigenvalue weighted by Gasteiger charge is -2.24. The first-order valence-electron chi connectivity index (χ1n) is 5.05. The van der Waals surface area contributed by atoms with Gasteiger partial charge < -0.3 is 5.73 Å². The van der Waals surface area contributed by atoms with Crippen molar-refractivity contribution >= 4 is 26.6 Å². The van der Waals surface area contributed by atoms with Gasteiger partial charge in [0.15, 0.2) is 5.82 Å². The minimum absolute atomic E-state index is 0.000745. The molecule has 1 aliphatic heterocycles. The zero-order chi connectivity index (χ0) is 12.6. The van der Waals surface area contributed by atoms with Crippen LogP contribution in [0.2, 0.25) is 0 Å². The van der Waals surface area contributed by atoms with Crippen molar-refractivity contribution in [2.24, 2.45) is 7.05 Å². The normalized spacial score (nSPS) is 19.6. The van der Waals surface area contributed by atoms with E-state index in [4.69, 9.17) is 5.73 Å². The van der Waals surface area contributed by atoms with Gasteiger partial charge in [0.05, 0.1) is 0 Å². The van der Waals surface area contributed by atoms with Gasteiger partial charge in [-0.15, -0.1) is 0 Å². The van der Waals surface area contributed by atoms with E-state index in [1.54, 1.807) is 7.05 Å². The van der Waals surface area contributed by atoms with Crippen LogP contribution in [0.4, 0.5) is 5.82 Å². The van der Waals surface area contributed by atoms with Crippen LogP contribution in [0.15, 0.2) is 11.1 Å². The Morgan fingerprint density at radius 2 is 2.00 bits per heavy atom. The average molecular weight is 278 g/mol. The molecule has 2 heterocycles. The first-order valence-corrected chi connectivity index (χ1v) is 7.98. The summed E-state index contributed by atoms with van der Waals surface area (Å²) in [5.41, 5.74) is 5.56. The van der Waals surface area contributed by atoms with E-state index in [9.17, 15) is 12.6 Å². The molecular weight excluding hydrogens is 264 g/mol. The minimum Gasteiger partial charge on any atom is -0.381 e. The SMILES string of the molecule is Cn1cc(S(=O)(=O)N2CCS(=O)CC2)c(N)n1. The van der Waals surface area contributed by atoms with Gasteiger partial charge in [-0.1, -0.05) is 0 Å². The molecule has 0 radical (unpaired) electrons. The molecule has 1 aromatic rings. The Hall–Kier alpha value is -0.930. The number of sulfonamides is 1. The summed E-state index contributed by atoms with van der Waals surface area (Å²) in [5, 5.41) is 3.82. The molecule has 1 saturated heterocycles. The standard InChI is InChI=1S/C8H14N4O3S2/c1-11-6-7(8(9)10-11)17(14,15)12-2-4-16(13)5-3-12/h6H,2-5H2,1H3,(H2,9,10). The van der Waals surface area contributed by atoms with E-state index < -0.39 is 20.8 Å². The van der Waals surface area contributed by atoms with Gasteiger partial charge in [0.2, 0.25) is 10.0 Å². The number of aryl methyl sites for hydroxylation is 1. The monoisotopic (exact) mass is 278 g/mol. The highest BCUT2D eigenvalue weighted by molar-refractivity contribution is 7.89. The zero-order valence-corrected chi connectivity index (χ0v) is 11.0.